The van der Waals surface area contributed by atoms with Gasteiger partial charge in [-0.2, -0.15) is 0 Å². The van der Waals surface area contributed by atoms with Gasteiger partial charge >= 0.3 is 0 Å². The van der Waals surface area contributed by atoms with Gasteiger partial charge in [0, 0.05) is 12.1 Å². The third-order valence-corrected chi connectivity index (χ3v) is 2.31. The number of aromatic nitrogens is 1. The Morgan fingerprint density at radius 3 is 2.94 bits per heavy atom. The lowest BCUT2D eigenvalue weighted by atomic mass is 10.3. The molecule has 0 aliphatic carbocycles. The van der Waals surface area contributed by atoms with Crippen molar-refractivity contribution in [3.63, 3.8) is 0 Å². The second kappa shape index (κ2) is 3.89. The first kappa shape index (κ1) is 9.83. The maximum Gasteiger partial charge on any atom is 0.231 e. The number of nitrogen functional groups attached to an aromatic ring is 1. The average molecular weight is 234 g/mol. The van der Waals surface area contributed by atoms with Crippen LogP contribution in [0.3, 0.4) is 0 Å². The summed E-state index contributed by atoms with van der Waals surface area (Å²) < 4.78 is 20.7. The zero-order valence-corrected chi connectivity index (χ0v) is 8.88. The maximum atomic E-state index is 5.52. The molecule has 17 heavy (non-hydrogen) atoms. The number of nitrogens with zero attached hydrogens (tertiary/aromatic N) is 1. The summed E-state index contributed by atoms with van der Waals surface area (Å²) in [7, 11) is 0. The fourth-order valence-corrected chi connectivity index (χ4v) is 1.52. The second-order valence-corrected chi connectivity index (χ2v) is 3.52. The first-order valence-electron chi connectivity index (χ1n) is 5.05. The summed E-state index contributed by atoms with van der Waals surface area (Å²) >= 11 is 0. The smallest absolute Gasteiger partial charge is 0.231 e. The van der Waals surface area contributed by atoms with Crippen molar-refractivity contribution in [3.8, 4) is 17.2 Å². The molecule has 1 aromatic carbocycles. The highest BCUT2D eigenvalue weighted by molar-refractivity contribution is 5.46. The van der Waals surface area contributed by atoms with Gasteiger partial charge in [0.15, 0.2) is 11.5 Å². The van der Waals surface area contributed by atoms with Gasteiger partial charge in [-0.05, 0) is 12.1 Å². The van der Waals surface area contributed by atoms with Crippen molar-refractivity contribution in [2.24, 2.45) is 0 Å². The van der Waals surface area contributed by atoms with E-state index in [2.05, 4.69) is 5.16 Å². The number of fused-ring (bicyclic) bond motifs is 1. The normalized spacial score (nSPS) is 12.7. The Labute approximate surface area is 96.9 Å². The van der Waals surface area contributed by atoms with Crippen LogP contribution in [0, 0.1) is 0 Å². The highest BCUT2D eigenvalue weighted by Crippen LogP contribution is 2.35. The van der Waals surface area contributed by atoms with E-state index in [1.807, 2.05) is 0 Å². The summed E-state index contributed by atoms with van der Waals surface area (Å²) in [6.45, 7) is 0.541. The Morgan fingerprint density at radius 2 is 2.12 bits per heavy atom. The molecule has 6 heteroatoms. The molecule has 0 fully saturated rings. The number of benzene rings is 1. The van der Waals surface area contributed by atoms with Gasteiger partial charge in [-0.15, -0.1) is 0 Å². The zero-order valence-electron chi connectivity index (χ0n) is 8.88. The average Bonchev–Trinajstić information content (AvgIpc) is 2.94. The predicted molar refractivity (Wildman–Crippen MR) is 57.8 cm³/mol. The SMILES string of the molecule is Nc1cc(COc2ccc3c(c2)OCO3)no1. The molecule has 88 valence electrons. The minimum atomic E-state index is 0.249. The Balaban J connectivity index is 1.69. The summed E-state index contributed by atoms with van der Waals surface area (Å²) in [6, 6.07) is 6.99. The molecule has 0 unspecified atom stereocenters. The third kappa shape index (κ3) is 1.96. The molecule has 6 nitrogen and oxygen atoms in total. The maximum absolute atomic E-state index is 5.52. The summed E-state index contributed by atoms with van der Waals surface area (Å²) in [5, 5.41) is 3.72. The van der Waals surface area contributed by atoms with E-state index in [1.54, 1.807) is 24.3 Å². The molecular weight excluding hydrogens is 224 g/mol. The van der Waals surface area contributed by atoms with Crippen LogP contribution >= 0.6 is 0 Å². The van der Waals surface area contributed by atoms with E-state index in [0.29, 0.717) is 23.8 Å². The van der Waals surface area contributed by atoms with Crippen LogP contribution in [0.5, 0.6) is 17.2 Å². The summed E-state index contributed by atoms with van der Waals surface area (Å²) in [4.78, 5) is 0. The Kier molecular flexibility index (Phi) is 2.25. The number of hydrogen-bond acceptors (Lipinski definition) is 6. The molecule has 0 saturated carbocycles. The molecule has 0 amide bonds. The Bertz CT molecular complexity index is 538. The van der Waals surface area contributed by atoms with Gasteiger partial charge in [0.1, 0.15) is 18.1 Å². The molecule has 3 rings (SSSR count). The first-order chi connectivity index (χ1) is 8.31. The fourth-order valence-electron chi connectivity index (χ4n) is 1.52. The van der Waals surface area contributed by atoms with Gasteiger partial charge in [-0.3, -0.25) is 0 Å². The van der Waals surface area contributed by atoms with Crippen LogP contribution in [-0.4, -0.2) is 11.9 Å². The molecule has 0 bridgehead atoms. The minimum Gasteiger partial charge on any atom is -0.487 e. The van der Waals surface area contributed by atoms with Crippen molar-refractivity contribution in [2.45, 2.75) is 6.61 Å². The van der Waals surface area contributed by atoms with E-state index in [9.17, 15) is 0 Å². The van der Waals surface area contributed by atoms with Crippen molar-refractivity contribution in [2.75, 3.05) is 12.5 Å². The Hall–Kier alpha value is -2.37. The van der Waals surface area contributed by atoms with Gasteiger partial charge in [0.25, 0.3) is 0 Å². The van der Waals surface area contributed by atoms with Gasteiger partial charge in [0.05, 0.1) is 0 Å². The lowest BCUT2D eigenvalue weighted by Gasteiger charge is -2.04. The second-order valence-electron chi connectivity index (χ2n) is 3.52. The van der Waals surface area contributed by atoms with Crippen molar-refractivity contribution < 1.29 is 18.7 Å². The molecule has 2 aromatic rings. The lowest BCUT2D eigenvalue weighted by molar-refractivity contribution is 0.173. The first-order valence-corrected chi connectivity index (χ1v) is 5.05. The lowest BCUT2D eigenvalue weighted by Crippen LogP contribution is -1.95. The molecule has 1 aliphatic rings. The standard InChI is InChI=1S/C11H10N2O4/c12-11-3-7(13-17-11)5-14-8-1-2-9-10(4-8)16-6-15-9/h1-4H,5-6,12H2. The van der Waals surface area contributed by atoms with Crippen LogP contribution in [-0.2, 0) is 6.61 Å². The van der Waals surface area contributed by atoms with Gasteiger partial charge in [-0.1, -0.05) is 5.16 Å². The summed E-state index contributed by atoms with van der Waals surface area (Å²) in [5.41, 5.74) is 6.04. The van der Waals surface area contributed by atoms with Crippen molar-refractivity contribution >= 4 is 5.88 Å². The minimum absolute atomic E-state index is 0.249. The fraction of sp³-hybridized carbons (Fsp3) is 0.182. The number of rotatable bonds is 3. The third-order valence-electron chi connectivity index (χ3n) is 2.31. The highest BCUT2D eigenvalue weighted by Gasteiger charge is 2.13. The van der Waals surface area contributed by atoms with Crippen LogP contribution in [0.4, 0.5) is 5.88 Å². The summed E-state index contributed by atoms with van der Waals surface area (Å²) in [5.74, 6) is 2.36. The van der Waals surface area contributed by atoms with E-state index in [-0.39, 0.29) is 12.7 Å². The molecule has 0 atom stereocenters. The van der Waals surface area contributed by atoms with Crippen LogP contribution < -0.4 is 19.9 Å². The Morgan fingerprint density at radius 1 is 1.24 bits per heavy atom. The van der Waals surface area contributed by atoms with E-state index >= 15 is 0 Å². The van der Waals surface area contributed by atoms with Gasteiger partial charge < -0.3 is 24.5 Å². The molecular formula is C11H10N2O4. The zero-order chi connectivity index (χ0) is 11.7. The molecule has 0 radical (unpaired) electrons. The van der Waals surface area contributed by atoms with Crippen LogP contribution in [0.2, 0.25) is 0 Å². The van der Waals surface area contributed by atoms with E-state index in [4.69, 9.17) is 24.5 Å². The largest absolute Gasteiger partial charge is 0.487 e. The van der Waals surface area contributed by atoms with Gasteiger partial charge in [0.2, 0.25) is 12.7 Å². The van der Waals surface area contributed by atoms with Crippen molar-refractivity contribution in [1.82, 2.24) is 5.16 Å². The quantitative estimate of drug-likeness (QED) is 0.868. The number of hydrogen-bond donors (Lipinski definition) is 1. The van der Waals surface area contributed by atoms with Crippen LogP contribution in [0.1, 0.15) is 5.69 Å². The molecule has 2 N–H and O–H groups in total. The molecule has 2 heterocycles. The molecule has 0 spiro atoms. The molecule has 1 aliphatic heterocycles. The highest BCUT2D eigenvalue weighted by atomic mass is 16.7. The molecule has 1 aromatic heterocycles. The van der Waals surface area contributed by atoms with Crippen molar-refractivity contribution in [3.05, 3.63) is 30.0 Å². The topological polar surface area (TPSA) is 79.7 Å². The van der Waals surface area contributed by atoms with Gasteiger partial charge in [-0.25, -0.2) is 0 Å². The predicted octanol–water partition coefficient (Wildman–Crippen LogP) is 1.56. The van der Waals surface area contributed by atoms with Crippen molar-refractivity contribution in [1.29, 1.82) is 0 Å². The van der Waals surface area contributed by atoms with E-state index in [0.717, 1.165) is 5.75 Å². The number of anilines is 1. The van der Waals surface area contributed by atoms with Crippen LogP contribution in [0.25, 0.3) is 0 Å². The molecule has 0 saturated heterocycles. The number of ether oxygens (including phenoxy) is 3. The summed E-state index contributed by atoms with van der Waals surface area (Å²) in [6.07, 6.45) is 0. The van der Waals surface area contributed by atoms with Crippen LogP contribution in [0.15, 0.2) is 28.8 Å². The van der Waals surface area contributed by atoms with E-state index < -0.39 is 0 Å². The monoisotopic (exact) mass is 234 g/mol. The van der Waals surface area contributed by atoms with E-state index in [1.165, 1.54) is 0 Å². The number of nitrogens with two attached hydrogens (primary N) is 1.